The summed E-state index contributed by atoms with van der Waals surface area (Å²) in [5, 5.41) is 9.20. The predicted octanol–water partition coefficient (Wildman–Crippen LogP) is 5.39. The van der Waals surface area contributed by atoms with Crippen LogP contribution in [0.25, 0.3) is 6.08 Å². The van der Waals surface area contributed by atoms with Crippen LogP contribution in [0.2, 0.25) is 0 Å². The number of benzene rings is 2. The molecule has 2 aromatic rings. The summed E-state index contributed by atoms with van der Waals surface area (Å²) in [4.78, 5) is 11.2. The maximum Gasteiger partial charge on any atom is 0.333 e. The molecule has 0 aliphatic carbocycles. The van der Waals surface area contributed by atoms with Gasteiger partial charge in [0.15, 0.2) is 6.10 Å². The van der Waals surface area contributed by atoms with E-state index in [4.69, 9.17) is 18.9 Å². The molecule has 0 saturated heterocycles. The van der Waals surface area contributed by atoms with Crippen LogP contribution in [0.15, 0.2) is 48.5 Å². The minimum absolute atomic E-state index is 0.0757. The van der Waals surface area contributed by atoms with E-state index in [0.29, 0.717) is 25.4 Å². The average molecular weight is 443 g/mol. The quantitative estimate of drug-likeness (QED) is 0.449. The van der Waals surface area contributed by atoms with Gasteiger partial charge in [0, 0.05) is 19.1 Å². The molecule has 0 saturated carbocycles. The van der Waals surface area contributed by atoms with Gasteiger partial charge < -0.3 is 24.1 Å². The summed E-state index contributed by atoms with van der Waals surface area (Å²) in [6.45, 7) is 10.5. The van der Waals surface area contributed by atoms with E-state index in [9.17, 15) is 9.90 Å². The fourth-order valence-corrected chi connectivity index (χ4v) is 3.05. The summed E-state index contributed by atoms with van der Waals surface area (Å²) in [5.41, 5.74) is 1.85. The van der Waals surface area contributed by atoms with E-state index < -0.39 is 12.1 Å². The van der Waals surface area contributed by atoms with Gasteiger partial charge in [-0.25, -0.2) is 4.79 Å². The van der Waals surface area contributed by atoms with E-state index in [1.54, 1.807) is 6.92 Å². The minimum atomic E-state index is -0.956. The van der Waals surface area contributed by atoms with Crippen molar-refractivity contribution in [1.29, 1.82) is 0 Å². The normalized spacial score (nSPS) is 12.3. The number of ether oxygens (including phenoxy) is 4. The standard InChI is InChI=1S/C26H34O6/c1-6-29-25(26(27)28)16-20-9-11-22(12-10-20)30-13-7-8-21-14-23(31-18(2)3)17-24(15-21)32-19(4)5/h7-12,14-15,17-19,25H,6,13,16H2,1-5H3,(H,27,28)/t25-/m0/s1. The molecule has 0 radical (unpaired) electrons. The summed E-state index contributed by atoms with van der Waals surface area (Å²) >= 11 is 0. The van der Waals surface area contributed by atoms with E-state index >= 15 is 0 Å². The third-order valence-electron chi connectivity index (χ3n) is 4.29. The number of aliphatic carboxylic acids is 1. The van der Waals surface area contributed by atoms with Crippen molar-refractivity contribution in [1.82, 2.24) is 0 Å². The summed E-state index contributed by atoms with van der Waals surface area (Å²) < 4.78 is 22.7. The van der Waals surface area contributed by atoms with Crippen molar-refractivity contribution in [2.24, 2.45) is 0 Å². The molecule has 6 nitrogen and oxygen atoms in total. The van der Waals surface area contributed by atoms with Crippen molar-refractivity contribution < 1.29 is 28.8 Å². The van der Waals surface area contributed by atoms with Crippen LogP contribution in [0.1, 0.15) is 45.7 Å². The number of hydrogen-bond donors (Lipinski definition) is 1. The first-order valence-corrected chi connectivity index (χ1v) is 11.0. The van der Waals surface area contributed by atoms with Crippen molar-refractivity contribution in [3.8, 4) is 17.2 Å². The Kier molecular flexibility index (Phi) is 10.1. The van der Waals surface area contributed by atoms with Crippen molar-refractivity contribution in [3.63, 3.8) is 0 Å². The Morgan fingerprint density at radius 2 is 1.53 bits per heavy atom. The summed E-state index contributed by atoms with van der Waals surface area (Å²) in [7, 11) is 0. The third-order valence-corrected chi connectivity index (χ3v) is 4.29. The van der Waals surface area contributed by atoms with Gasteiger partial charge in [0.05, 0.1) is 12.2 Å². The molecule has 0 fully saturated rings. The summed E-state index contributed by atoms with van der Waals surface area (Å²) in [5.74, 6) is 1.28. The van der Waals surface area contributed by atoms with Crippen LogP contribution in [0.5, 0.6) is 17.2 Å². The van der Waals surface area contributed by atoms with Crippen molar-refractivity contribution in [3.05, 3.63) is 59.7 Å². The maximum atomic E-state index is 11.2. The smallest absolute Gasteiger partial charge is 0.333 e. The lowest BCUT2D eigenvalue weighted by Crippen LogP contribution is -2.26. The number of hydrogen-bond acceptors (Lipinski definition) is 5. The van der Waals surface area contributed by atoms with Gasteiger partial charge in [0.1, 0.15) is 23.9 Å². The molecule has 6 heteroatoms. The molecule has 32 heavy (non-hydrogen) atoms. The van der Waals surface area contributed by atoms with Gasteiger partial charge in [0.25, 0.3) is 0 Å². The Hall–Kier alpha value is -2.99. The van der Waals surface area contributed by atoms with Crippen LogP contribution in [0.4, 0.5) is 0 Å². The fourth-order valence-electron chi connectivity index (χ4n) is 3.05. The number of carboxylic acid groups (broad SMARTS) is 1. The predicted molar refractivity (Wildman–Crippen MR) is 126 cm³/mol. The van der Waals surface area contributed by atoms with Crippen LogP contribution in [0, 0.1) is 0 Å². The second-order valence-corrected chi connectivity index (χ2v) is 7.91. The largest absolute Gasteiger partial charge is 0.491 e. The van der Waals surface area contributed by atoms with Gasteiger partial charge >= 0.3 is 5.97 Å². The molecule has 1 atom stereocenters. The monoisotopic (exact) mass is 442 g/mol. The van der Waals surface area contributed by atoms with Crippen LogP contribution in [0.3, 0.4) is 0 Å². The minimum Gasteiger partial charge on any atom is -0.491 e. The Bertz CT molecular complexity index is 842. The van der Waals surface area contributed by atoms with Crippen molar-refractivity contribution in [2.45, 2.75) is 59.4 Å². The van der Waals surface area contributed by atoms with E-state index in [-0.39, 0.29) is 12.2 Å². The molecular formula is C26H34O6. The highest BCUT2D eigenvalue weighted by molar-refractivity contribution is 5.72. The maximum absolute atomic E-state index is 11.2. The van der Waals surface area contributed by atoms with E-state index in [2.05, 4.69) is 0 Å². The van der Waals surface area contributed by atoms with Crippen LogP contribution in [-0.2, 0) is 16.0 Å². The highest BCUT2D eigenvalue weighted by Crippen LogP contribution is 2.25. The molecule has 0 amide bonds. The lowest BCUT2D eigenvalue weighted by atomic mass is 10.1. The number of carbonyl (C=O) groups is 1. The molecule has 0 bridgehead atoms. The molecule has 0 spiro atoms. The molecule has 0 unspecified atom stereocenters. The zero-order chi connectivity index (χ0) is 23.5. The Labute approximate surface area is 190 Å². The van der Waals surface area contributed by atoms with Gasteiger partial charge in [-0.05, 0) is 76.1 Å². The lowest BCUT2D eigenvalue weighted by Gasteiger charge is -2.15. The van der Waals surface area contributed by atoms with Gasteiger partial charge in [-0.15, -0.1) is 0 Å². The van der Waals surface area contributed by atoms with Gasteiger partial charge in [-0.2, -0.15) is 0 Å². The first-order chi connectivity index (χ1) is 15.3. The molecule has 2 rings (SSSR count). The van der Waals surface area contributed by atoms with E-state index in [1.165, 1.54) is 0 Å². The zero-order valence-corrected chi connectivity index (χ0v) is 19.5. The summed E-state index contributed by atoms with van der Waals surface area (Å²) in [6, 6.07) is 13.2. The Morgan fingerprint density at radius 1 is 0.938 bits per heavy atom. The average Bonchev–Trinajstić information content (AvgIpc) is 2.71. The molecule has 0 aliphatic heterocycles. The van der Waals surface area contributed by atoms with Crippen molar-refractivity contribution >= 4 is 12.0 Å². The molecule has 174 valence electrons. The van der Waals surface area contributed by atoms with E-state index in [0.717, 1.165) is 22.6 Å². The van der Waals surface area contributed by atoms with Gasteiger partial charge in [-0.1, -0.05) is 18.2 Å². The molecule has 0 aromatic heterocycles. The molecule has 0 aliphatic rings. The first kappa shape index (κ1) is 25.3. The molecular weight excluding hydrogens is 408 g/mol. The Balaban J connectivity index is 1.96. The summed E-state index contributed by atoms with van der Waals surface area (Å²) in [6.07, 6.45) is 3.53. The second kappa shape index (κ2) is 12.8. The van der Waals surface area contributed by atoms with Gasteiger partial charge in [0.2, 0.25) is 0 Å². The number of carboxylic acids is 1. The van der Waals surface area contributed by atoms with E-state index in [1.807, 2.05) is 82.3 Å². The lowest BCUT2D eigenvalue weighted by molar-refractivity contribution is -0.149. The highest BCUT2D eigenvalue weighted by atomic mass is 16.5. The fraction of sp³-hybridized carbons (Fsp3) is 0.423. The van der Waals surface area contributed by atoms with Crippen LogP contribution >= 0.6 is 0 Å². The topological polar surface area (TPSA) is 74.2 Å². The zero-order valence-electron chi connectivity index (χ0n) is 19.5. The molecule has 2 aromatic carbocycles. The van der Waals surface area contributed by atoms with Crippen LogP contribution in [-0.4, -0.2) is 42.6 Å². The number of rotatable bonds is 13. The van der Waals surface area contributed by atoms with Gasteiger partial charge in [-0.3, -0.25) is 0 Å². The third kappa shape index (κ3) is 9.02. The molecule has 1 N–H and O–H groups in total. The SMILES string of the molecule is CCO[C@@H](Cc1ccc(OCC=Cc2cc(OC(C)C)cc(OC(C)C)c2)cc1)C(=O)O. The van der Waals surface area contributed by atoms with Crippen LogP contribution < -0.4 is 14.2 Å². The Morgan fingerprint density at radius 3 is 2.03 bits per heavy atom. The highest BCUT2D eigenvalue weighted by Gasteiger charge is 2.17. The molecule has 0 heterocycles. The first-order valence-electron chi connectivity index (χ1n) is 11.0. The second-order valence-electron chi connectivity index (χ2n) is 7.91. The van der Waals surface area contributed by atoms with Crippen molar-refractivity contribution in [2.75, 3.05) is 13.2 Å².